The minimum absolute atomic E-state index is 0.238. The number of aryl methyl sites for hydroxylation is 1. The fraction of sp³-hybridized carbons (Fsp3) is 0.455. The van der Waals surface area contributed by atoms with Crippen molar-refractivity contribution >= 4 is 0 Å². The quantitative estimate of drug-likeness (QED) is 0.717. The Bertz CT molecular complexity index is 345. The molecule has 1 fully saturated rings. The number of nitrogens with one attached hydrogen (secondary N) is 1. The summed E-state index contributed by atoms with van der Waals surface area (Å²) in [4.78, 5) is 0. The van der Waals surface area contributed by atoms with Crippen LogP contribution in [-0.2, 0) is 0 Å². The molecule has 1 heterocycles. The molecule has 0 aliphatic carbocycles. The molecule has 1 aromatic carbocycles. The van der Waals surface area contributed by atoms with Crippen molar-refractivity contribution in [1.29, 1.82) is 0 Å². The van der Waals surface area contributed by atoms with Crippen molar-refractivity contribution in [3.05, 3.63) is 29.1 Å². The minimum atomic E-state index is -0.530. The Morgan fingerprint density at radius 1 is 1.50 bits per heavy atom. The smallest absolute Gasteiger partial charge is 0.165 e. The molecule has 0 bridgehead atoms. The first kappa shape index (κ1) is 9.46. The van der Waals surface area contributed by atoms with Gasteiger partial charge in [-0.3, -0.25) is 0 Å². The van der Waals surface area contributed by atoms with Crippen LogP contribution < -0.4 is 5.32 Å². The molecule has 1 saturated heterocycles. The average Bonchev–Trinajstić information content (AvgIpc) is 2.64. The summed E-state index contributed by atoms with van der Waals surface area (Å²) in [6.45, 7) is 3.81. The normalized spacial score (nSPS) is 21.4. The van der Waals surface area contributed by atoms with Crippen LogP contribution in [0.1, 0.15) is 23.5 Å². The maximum absolute atomic E-state index is 13.0. The van der Waals surface area contributed by atoms with Crippen molar-refractivity contribution < 1.29 is 9.50 Å². The van der Waals surface area contributed by atoms with E-state index in [0.29, 0.717) is 5.92 Å². The monoisotopic (exact) mass is 195 g/mol. The molecule has 3 heteroatoms. The molecule has 1 aromatic rings. The second-order valence-corrected chi connectivity index (χ2v) is 3.85. The highest BCUT2D eigenvalue weighted by atomic mass is 19.1. The molecule has 14 heavy (non-hydrogen) atoms. The maximum Gasteiger partial charge on any atom is 0.165 e. The third-order valence-corrected chi connectivity index (χ3v) is 2.84. The largest absolute Gasteiger partial charge is 0.505 e. The van der Waals surface area contributed by atoms with Crippen LogP contribution in [0.2, 0.25) is 0 Å². The standard InChI is InChI=1S/C11H14FNO/c1-7-4-10(12)11(14)5-9(7)8-2-3-13-6-8/h4-5,8,13-14H,2-3,6H2,1H3. The fourth-order valence-corrected chi connectivity index (χ4v) is 2.04. The summed E-state index contributed by atoms with van der Waals surface area (Å²) in [7, 11) is 0. The average molecular weight is 195 g/mol. The van der Waals surface area contributed by atoms with Crippen LogP contribution in [-0.4, -0.2) is 18.2 Å². The van der Waals surface area contributed by atoms with Crippen molar-refractivity contribution in [3.8, 4) is 5.75 Å². The van der Waals surface area contributed by atoms with Crippen LogP contribution in [0, 0.1) is 12.7 Å². The van der Waals surface area contributed by atoms with Gasteiger partial charge in [0.15, 0.2) is 11.6 Å². The van der Waals surface area contributed by atoms with Gasteiger partial charge in [-0.05, 0) is 49.1 Å². The van der Waals surface area contributed by atoms with Crippen LogP contribution in [0.4, 0.5) is 4.39 Å². The Kier molecular flexibility index (Phi) is 2.42. The van der Waals surface area contributed by atoms with Gasteiger partial charge in [0.25, 0.3) is 0 Å². The SMILES string of the molecule is Cc1cc(F)c(O)cc1C1CCNC1. The molecule has 0 radical (unpaired) electrons. The number of hydrogen-bond acceptors (Lipinski definition) is 2. The van der Waals surface area contributed by atoms with Gasteiger partial charge in [0, 0.05) is 6.54 Å². The van der Waals surface area contributed by atoms with E-state index in [-0.39, 0.29) is 5.75 Å². The molecule has 0 saturated carbocycles. The number of hydrogen-bond donors (Lipinski definition) is 2. The number of rotatable bonds is 1. The lowest BCUT2D eigenvalue weighted by Crippen LogP contribution is -2.08. The molecule has 2 nitrogen and oxygen atoms in total. The van der Waals surface area contributed by atoms with E-state index >= 15 is 0 Å². The summed E-state index contributed by atoms with van der Waals surface area (Å²) in [5, 5.41) is 12.5. The lowest BCUT2D eigenvalue weighted by atomic mass is 9.94. The molecule has 0 spiro atoms. The third kappa shape index (κ3) is 1.60. The zero-order chi connectivity index (χ0) is 10.1. The van der Waals surface area contributed by atoms with Crippen LogP contribution >= 0.6 is 0 Å². The van der Waals surface area contributed by atoms with E-state index in [1.54, 1.807) is 6.07 Å². The van der Waals surface area contributed by atoms with E-state index in [9.17, 15) is 9.50 Å². The summed E-state index contributed by atoms with van der Waals surface area (Å²) in [6, 6.07) is 2.96. The number of halogens is 1. The lowest BCUT2D eigenvalue weighted by Gasteiger charge is -2.12. The van der Waals surface area contributed by atoms with Crippen molar-refractivity contribution in [2.45, 2.75) is 19.3 Å². The van der Waals surface area contributed by atoms with E-state index in [2.05, 4.69) is 5.32 Å². The van der Waals surface area contributed by atoms with Gasteiger partial charge in [-0.25, -0.2) is 4.39 Å². The van der Waals surface area contributed by atoms with Crippen molar-refractivity contribution in [1.82, 2.24) is 5.32 Å². The summed E-state index contributed by atoms with van der Waals surface area (Å²) in [5.41, 5.74) is 1.99. The van der Waals surface area contributed by atoms with Gasteiger partial charge in [-0.15, -0.1) is 0 Å². The second kappa shape index (κ2) is 3.58. The van der Waals surface area contributed by atoms with Gasteiger partial charge in [0.1, 0.15) is 0 Å². The summed E-state index contributed by atoms with van der Waals surface area (Å²) in [6.07, 6.45) is 1.06. The zero-order valence-corrected chi connectivity index (χ0v) is 8.18. The highest BCUT2D eigenvalue weighted by molar-refractivity contribution is 5.38. The maximum atomic E-state index is 13.0. The Morgan fingerprint density at radius 3 is 2.93 bits per heavy atom. The third-order valence-electron chi connectivity index (χ3n) is 2.84. The van der Waals surface area contributed by atoms with Crippen LogP contribution in [0.5, 0.6) is 5.75 Å². The second-order valence-electron chi connectivity index (χ2n) is 3.85. The molecule has 1 atom stereocenters. The number of benzene rings is 1. The highest BCUT2D eigenvalue weighted by Gasteiger charge is 2.19. The van der Waals surface area contributed by atoms with Gasteiger partial charge < -0.3 is 10.4 Å². The van der Waals surface area contributed by atoms with Gasteiger partial charge in [-0.2, -0.15) is 0 Å². The molecular formula is C11H14FNO. The number of aromatic hydroxyl groups is 1. The zero-order valence-electron chi connectivity index (χ0n) is 8.18. The van der Waals surface area contributed by atoms with Gasteiger partial charge >= 0.3 is 0 Å². The first-order chi connectivity index (χ1) is 6.68. The highest BCUT2D eigenvalue weighted by Crippen LogP contribution is 2.29. The predicted octanol–water partition coefficient (Wildman–Crippen LogP) is 1.92. The Balaban J connectivity index is 2.37. The molecule has 1 aliphatic heterocycles. The summed E-state index contributed by atoms with van der Waals surface area (Å²) < 4.78 is 13.0. The van der Waals surface area contributed by atoms with E-state index in [1.807, 2.05) is 6.92 Å². The fourth-order valence-electron chi connectivity index (χ4n) is 2.04. The number of phenols is 1. The summed E-state index contributed by atoms with van der Waals surface area (Å²) in [5.74, 6) is -0.351. The number of phenolic OH excluding ortho intramolecular Hbond substituents is 1. The van der Waals surface area contributed by atoms with Crippen LogP contribution in [0.15, 0.2) is 12.1 Å². The van der Waals surface area contributed by atoms with E-state index < -0.39 is 5.82 Å². The lowest BCUT2D eigenvalue weighted by molar-refractivity contribution is 0.430. The van der Waals surface area contributed by atoms with Gasteiger partial charge in [-0.1, -0.05) is 0 Å². The molecule has 2 N–H and O–H groups in total. The van der Waals surface area contributed by atoms with E-state index in [4.69, 9.17) is 0 Å². The molecule has 2 rings (SSSR count). The molecule has 1 unspecified atom stereocenters. The topological polar surface area (TPSA) is 32.3 Å². The molecule has 1 aliphatic rings. The minimum Gasteiger partial charge on any atom is -0.505 e. The Morgan fingerprint density at radius 2 is 2.29 bits per heavy atom. The molecule has 0 amide bonds. The van der Waals surface area contributed by atoms with Crippen molar-refractivity contribution in [3.63, 3.8) is 0 Å². The molecule has 0 aromatic heterocycles. The Hall–Kier alpha value is -1.09. The first-order valence-corrected chi connectivity index (χ1v) is 4.88. The predicted molar refractivity (Wildman–Crippen MR) is 53.0 cm³/mol. The molecule has 76 valence electrons. The van der Waals surface area contributed by atoms with E-state index in [1.165, 1.54) is 6.07 Å². The van der Waals surface area contributed by atoms with Crippen LogP contribution in [0.25, 0.3) is 0 Å². The van der Waals surface area contributed by atoms with Crippen molar-refractivity contribution in [2.24, 2.45) is 0 Å². The Labute approximate surface area is 82.8 Å². The van der Waals surface area contributed by atoms with Gasteiger partial charge in [0.05, 0.1) is 0 Å². The molecular weight excluding hydrogens is 181 g/mol. The van der Waals surface area contributed by atoms with Crippen LogP contribution in [0.3, 0.4) is 0 Å². The summed E-state index contributed by atoms with van der Waals surface area (Å²) >= 11 is 0. The first-order valence-electron chi connectivity index (χ1n) is 4.88. The van der Waals surface area contributed by atoms with E-state index in [0.717, 1.165) is 30.6 Å². The van der Waals surface area contributed by atoms with Gasteiger partial charge in [0.2, 0.25) is 0 Å². The van der Waals surface area contributed by atoms with Crippen molar-refractivity contribution in [2.75, 3.05) is 13.1 Å².